The second-order valence-corrected chi connectivity index (χ2v) is 46.5. The van der Waals surface area contributed by atoms with Crippen LogP contribution < -0.4 is 29.2 Å². The summed E-state index contributed by atoms with van der Waals surface area (Å²) in [6.45, 7) is 0. The molecule has 5 aromatic heterocycles. The average molecular weight is 2200 g/mol. The van der Waals surface area contributed by atoms with Crippen molar-refractivity contribution in [3.63, 3.8) is 0 Å². The van der Waals surface area contributed by atoms with Crippen molar-refractivity contribution in [2.75, 3.05) is 24.5 Å². The Bertz CT molecular complexity index is 9200. The van der Waals surface area contributed by atoms with Crippen LogP contribution in [0.5, 0.6) is 11.5 Å². The van der Waals surface area contributed by atoms with Gasteiger partial charge in [0.25, 0.3) is 0 Å². The van der Waals surface area contributed by atoms with Crippen LogP contribution >= 0.6 is 0 Å². The van der Waals surface area contributed by atoms with E-state index in [1.807, 2.05) is 255 Å². The minimum absolute atomic E-state index is 0.0397. The van der Waals surface area contributed by atoms with E-state index in [4.69, 9.17) is 9.72 Å². The molecule has 22 aromatic rings. The van der Waals surface area contributed by atoms with Crippen molar-refractivity contribution in [1.82, 2.24) is 4.98 Å². The number of Topliss-reactive ketones (excluding diaryl/α,β-unsaturated/α-hetero) is 8. The number of aromatic nitrogens is 1. The van der Waals surface area contributed by atoms with Crippen molar-refractivity contribution < 1.29 is 43.1 Å². The molecule has 0 amide bonds. The monoisotopic (exact) mass is 2200 g/mol. The van der Waals surface area contributed by atoms with E-state index in [-0.39, 0.29) is 127 Å². The number of carbonyl (C=O) groups is 8. The third-order valence-corrected chi connectivity index (χ3v) is 37.3. The number of hydrogen-bond donors (Lipinski definition) is 0. The van der Waals surface area contributed by atoms with E-state index in [0.717, 1.165) is 145 Å². The van der Waals surface area contributed by atoms with Crippen LogP contribution in [-0.4, -0.2) is 109 Å². The standard InChI is InChI=1S/C35H21N3O2Se.C35H21NO2Se.C31H19NO2Se.C30H17NO3Se/c39-33-26-19-22-9-4-5-10-23(22)20-27(26)34(40)28(33)21-25-16-17-32(41-25)38-30-14-7-6-13-29(30)37(24-11-2-1-3-12-24)31-15-8-18-36-35(31)38;37-34-28(35(38)33-27-14-6-4-12-25(27)24-11-3-5-13-26(24)32(33)34)20-23-17-18-31(39-23)36-29-15-7-1-9-21(29)19-22-10-2-8-16-30(22)36;33-30-24-15-13-19-7-1-4-10-23(19)29(24)31(34)25(30)18-22-14-16-28(35-22)32-26-11-5-2-8-20(26)17-21-9-3-6-12-27(21)32;32-29-21-15-13-18-7-1-2-8-20(18)28(21)30(33)22(29)17-19-14-16-27(35-19)31-23-9-3-5-11-25(23)34-26-12-6-4-10-24(26)31/h1-21H;1-18,20H,19H2;1-16,18H,17H2;1-17H/b;;25-18+;22-17+. The van der Waals surface area contributed by atoms with E-state index in [1.165, 1.54) is 54.1 Å². The summed E-state index contributed by atoms with van der Waals surface area (Å²) in [5.41, 5.74) is 21.3. The molecule has 0 unspecified atom stereocenters. The predicted molar refractivity (Wildman–Crippen MR) is 604 cm³/mol. The zero-order valence-electron chi connectivity index (χ0n) is 79.6. The molecule has 15 nitrogen and oxygen atoms in total. The molecule has 9 heterocycles. The average Bonchev–Trinajstić information content (AvgIpc) is 1.02. The van der Waals surface area contributed by atoms with Gasteiger partial charge in [0.2, 0.25) is 0 Å². The third-order valence-electron chi connectivity index (χ3n) is 28.7. The van der Waals surface area contributed by atoms with E-state index in [0.29, 0.717) is 44.5 Å². The van der Waals surface area contributed by atoms with E-state index >= 15 is 0 Å². The van der Waals surface area contributed by atoms with Crippen molar-refractivity contribution in [1.29, 1.82) is 0 Å². The molecule has 0 radical (unpaired) electrons. The number of benzene rings is 17. The van der Waals surface area contributed by atoms with Crippen LogP contribution in [-0.2, 0) is 12.8 Å². The van der Waals surface area contributed by atoms with Crippen LogP contribution in [0, 0.1) is 0 Å². The molecular formula is C131H78N6O9Se4. The Morgan fingerprint density at radius 1 is 0.220 bits per heavy atom. The normalized spacial score (nSPS) is 14.6. The van der Waals surface area contributed by atoms with Gasteiger partial charge in [0.15, 0.2) is 0 Å². The Kier molecular flexibility index (Phi) is 22.7. The van der Waals surface area contributed by atoms with Crippen LogP contribution in [0.1, 0.15) is 123 Å². The molecule has 0 bridgehead atoms. The van der Waals surface area contributed by atoms with Gasteiger partial charge in [-0.3, -0.25) is 0 Å². The van der Waals surface area contributed by atoms with E-state index in [9.17, 15) is 38.4 Å². The quantitative estimate of drug-likeness (QED) is 0.0577. The molecule has 19 heteroatoms. The van der Waals surface area contributed by atoms with Crippen molar-refractivity contribution in [2.24, 2.45) is 0 Å². The zero-order valence-corrected chi connectivity index (χ0v) is 86.5. The SMILES string of the molecule is O=C1/C(=C\c2ccc(N3c4ccccc4Cc4ccccc43)[se]2)C(=O)c2c1ccc1ccccc21.O=C1/C(=C\c2ccc(N3c4ccccc4Oc4ccccc43)[se]2)C(=O)c2c1ccc1ccccc21.O=C1C(=Cc2ccc(N3c4ccccc4Cc4ccccc43)[se]2)C(=O)c2c1c1ccccc1c1ccccc21.O=C1C(=Cc2ccc(N3c4ccccc4N(c4ccccc4)c4cccnc43)[se]2)C(=O)c2cc3ccccc3cc21. The topological polar surface area (TPSA) is 175 Å². The summed E-state index contributed by atoms with van der Waals surface area (Å²) in [7, 11) is 0. The summed E-state index contributed by atoms with van der Waals surface area (Å²) in [5, 5.41) is 9.24. The Hall–Kier alpha value is -17.7. The van der Waals surface area contributed by atoms with Gasteiger partial charge in [-0.05, 0) is 0 Å². The van der Waals surface area contributed by atoms with Gasteiger partial charge in [0.05, 0.1) is 0 Å². The number of ether oxygens (including phenoxy) is 1. The molecule has 30 rings (SSSR count). The molecule has 710 valence electrons. The maximum atomic E-state index is 13.8. The number of hydrogen-bond acceptors (Lipinski definition) is 15. The number of pyridine rings is 1. The fourth-order valence-electron chi connectivity index (χ4n) is 21.9. The van der Waals surface area contributed by atoms with E-state index < -0.39 is 0 Å². The zero-order chi connectivity index (χ0) is 101. The minimum atomic E-state index is -0.199. The molecule has 17 aromatic carbocycles. The second-order valence-electron chi connectivity index (χ2n) is 37.3. The molecule has 150 heavy (non-hydrogen) atoms. The van der Waals surface area contributed by atoms with Crippen molar-refractivity contribution >= 4 is 263 Å². The van der Waals surface area contributed by atoms with Crippen molar-refractivity contribution in [2.45, 2.75) is 12.8 Å². The maximum absolute atomic E-state index is 13.8. The molecule has 0 saturated heterocycles. The van der Waals surface area contributed by atoms with Crippen molar-refractivity contribution in [3.8, 4) is 11.5 Å². The summed E-state index contributed by atoms with van der Waals surface area (Å²) in [6, 6.07) is 140. The molecule has 0 N–H and O–H groups in total. The van der Waals surface area contributed by atoms with Crippen molar-refractivity contribution in [3.05, 3.63) is 532 Å². The van der Waals surface area contributed by atoms with Gasteiger partial charge in [-0.1, -0.05) is 0 Å². The molecule has 0 spiro atoms. The second kappa shape index (κ2) is 37.4. The first kappa shape index (κ1) is 91.0. The summed E-state index contributed by atoms with van der Waals surface area (Å²) >= 11 is -0.349. The van der Waals surface area contributed by atoms with Gasteiger partial charge in [-0.15, -0.1) is 0 Å². The predicted octanol–water partition coefficient (Wildman–Crippen LogP) is 29.6. The first-order valence-corrected chi connectivity index (χ1v) is 56.0. The number of para-hydroxylation sites is 11. The Morgan fingerprint density at radius 2 is 0.520 bits per heavy atom. The summed E-state index contributed by atoms with van der Waals surface area (Å²) in [4.78, 5) is 124. The van der Waals surface area contributed by atoms with Crippen LogP contribution in [0.15, 0.2) is 447 Å². The van der Waals surface area contributed by atoms with E-state index in [1.54, 1.807) is 24.3 Å². The number of allylic oxidation sites excluding steroid dienone is 4. The molecule has 4 aliphatic heterocycles. The molecule has 0 saturated carbocycles. The number of fused-ring (bicyclic) bond motifs is 22. The van der Waals surface area contributed by atoms with Gasteiger partial charge in [0.1, 0.15) is 0 Å². The summed E-state index contributed by atoms with van der Waals surface area (Å²) in [6.07, 6.45) is 10.9. The van der Waals surface area contributed by atoms with Crippen LogP contribution in [0.3, 0.4) is 0 Å². The summed E-state index contributed by atoms with van der Waals surface area (Å²) < 4.78 is 14.7. The first-order valence-electron chi connectivity index (χ1n) is 49.1. The number of nitrogens with zero attached hydrogens (tertiary/aromatic N) is 6. The Morgan fingerprint density at radius 3 is 0.940 bits per heavy atom. The third kappa shape index (κ3) is 15.5. The van der Waals surface area contributed by atoms with Crippen LogP contribution in [0.25, 0.3) is 78.2 Å². The number of ketones is 8. The van der Waals surface area contributed by atoms with Gasteiger partial charge in [-0.2, -0.15) is 0 Å². The van der Waals surface area contributed by atoms with Gasteiger partial charge in [-0.25, -0.2) is 0 Å². The van der Waals surface area contributed by atoms with Crippen LogP contribution in [0.2, 0.25) is 0 Å². The van der Waals surface area contributed by atoms with E-state index in [2.05, 4.69) is 194 Å². The molecule has 0 fully saturated rings. The number of carbonyl (C=O) groups excluding carboxylic acids is 8. The van der Waals surface area contributed by atoms with Crippen LogP contribution in [0.4, 0.5) is 80.9 Å². The first-order chi connectivity index (χ1) is 73.7. The molecule has 8 aliphatic rings. The van der Waals surface area contributed by atoms with Gasteiger partial charge >= 0.3 is 892 Å². The van der Waals surface area contributed by atoms with Gasteiger partial charge < -0.3 is 0 Å². The Labute approximate surface area is 884 Å². The number of rotatable bonds is 9. The Balaban J connectivity index is 0.0000000985. The fourth-order valence-corrected chi connectivity index (χ4v) is 30.1. The summed E-state index contributed by atoms with van der Waals surface area (Å²) in [5.74, 6) is 0.997. The molecule has 0 atom stereocenters. The number of anilines is 15. The fraction of sp³-hybridized carbons (Fsp3) is 0.0153. The molecular weight excluding hydrogens is 2120 g/mol. The molecule has 4 aliphatic carbocycles. The van der Waals surface area contributed by atoms with Gasteiger partial charge in [0, 0.05) is 0 Å².